The van der Waals surface area contributed by atoms with Crippen LogP contribution < -0.4 is 18.9 Å². The van der Waals surface area contributed by atoms with Crippen molar-refractivity contribution in [2.75, 3.05) is 26.4 Å². The highest BCUT2D eigenvalue weighted by Crippen LogP contribution is 2.43. The van der Waals surface area contributed by atoms with Crippen molar-refractivity contribution < 1.29 is 358 Å². The van der Waals surface area contributed by atoms with Crippen LogP contribution >= 0.6 is 0 Å². The monoisotopic (exact) mass is 2390 g/mol. The Bertz CT molecular complexity index is 6220. The molecular formula is C48H76N4O79S13. The number of hydrogen-bond donors (Lipinski definition) is 29. The lowest BCUT2D eigenvalue weighted by Gasteiger charge is -2.51. The van der Waals surface area contributed by atoms with E-state index < -0.39 is 424 Å². The molecule has 8 heterocycles. The molecule has 0 bridgehead atoms. The van der Waals surface area contributed by atoms with Crippen LogP contribution in [0.1, 0.15) is 0 Å². The number of aliphatic hydroxyl groups excluding tert-OH is 8. The average Bonchev–Trinajstić information content (AvgIpc) is 0.749. The van der Waals surface area contributed by atoms with Crippen LogP contribution in [0.5, 0.6) is 0 Å². The summed E-state index contributed by atoms with van der Waals surface area (Å²) in [6.45, 7) is -8.27. The molecule has 0 aromatic rings. The van der Waals surface area contributed by atoms with Crippen LogP contribution in [0.25, 0.3) is 0 Å². The molecule has 0 spiro atoms. The highest BCUT2D eigenvalue weighted by molar-refractivity contribution is 7.85. The van der Waals surface area contributed by atoms with Gasteiger partial charge in [0.15, 0.2) is 86.8 Å². The standard InChI is InChI=1S/C48H76N4O79S13/c53-6-1-7(37(60)61)113-45(22(6)127-140(93,94)95)117-24-9(3-109-137(84,85)86)114-42(13(17(24)55)50-133(72,73)74)121-28-19(57)31(129-142(99,100)101)47(124-34(28)38(62)63)119-25-10(4-110-138(87,88)89)115-43(14(18(25)56)51-134(75,76)77)122-29-20(58)33(131-144(105,106)107)48(126-35(29)39(64)65)120-26-11(5-111-139(90,91)92)116-44(15(52-135(78,79)80)27(26)128-141(96,97)98)123-30-21(59)32(130-143(102,103)104)46(125-36(30)40(66)67)118-23-8(2-108-136(81,82)83)112-41(68)12(16(23)54)49-132(69,70)71/h1,6,8-36,41-59,68H,2-5H2,(H,60,61)(H,62,63)(H,64,65)(H,66,67)(H,69,70,71)(H,72,73,74)(H,75,76,77)(H,78,79,80)(H,81,82,83)(H,84,85,86)(H,87,88,89)(H,90,91,92)(H,93,94,95)(H,96,97,98)(H,99,100,101)(H,102,103,104)(H,105,106,107)/t6-,8+,9+,10+,11+,12+,13+,14+,15+,16+,17+,18+,19-,20-,21-,22+,23+,24+,25+,26+,27+,28-,29-,30-,31+,32+,33+,34+,35+,36+,41-,42+,43+,44+,45-,46+,47+,48+/m0/s1. The molecular weight excluding hydrogens is 2310 g/mol. The molecule has 0 aromatic heterocycles. The number of rotatable bonds is 48. The van der Waals surface area contributed by atoms with Crippen molar-refractivity contribution in [2.24, 2.45) is 0 Å². The second-order valence-electron chi connectivity index (χ2n) is 29.2. The number of nitrogens with one attached hydrogen (secondary N) is 4. The summed E-state index contributed by atoms with van der Waals surface area (Å²) < 4.78 is 573. The third-order valence-electron chi connectivity index (χ3n) is 19.2. The van der Waals surface area contributed by atoms with Crippen molar-refractivity contribution >= 4 is 159 Å². The summed E-state index contributed by atoms with van der Waals surface area (Å²) in [6.07, 6.45) is -113. The zero-order valence-corrected chi connectivity index (χ0v) is 79.0. The summed E-state index contributed by atoms with van der Waals surface area (Å²) >= 11 is 0. The molecule has 840 valence electrons. The molecule has 144 heavy (non-hydrogen) atoms. The van der Waals surface area contributed by atoms with Crippen LogP contribution in [0.2, 0.25) is 0 Å². The molecule has 0 unspecified atom stereocenters. The molecule has 8 aliphatic rings. The minimum atomic E-state index is -6.73. The normalized spacial score (nSPS) is 37.9. The quantitative estimate of drug-likeness (QED) is 0.0252. The first-order valence-corrected chi connectivity index (χ1v) is 54.7. The van der Waals surface area contributed by atoms with Gasteiger partial charge >= 0.3 is 159 Å². The molecule has 0 amide bonds. The summed E-state index contributed by atoms with van der Waals surface area (Å²) in [7, 11) is -80.8. The van der Waals surface area contributed by atoms with Crippen LogP contribution in [0.3, 0.4) is 0 Å². The number of carboxylic acids is 4. The van der Waals surface area contributed by atoms with E-state index in [4.69, 9.17) is 71.1 Å². The average molecular weight is 2390 g/mol. The molecule has 96 heteroatoms. The Kier molecular flexibility index (Phi) is 40.3. The number of aliphatic hydroxyl groups is 8. The third-order valence-corrected chi connectivity index (χ3v) is 25.6. The smallest absolute Gasteiger partial charge is 0.397 e. The molecule has 7 fully saturated rings. The van der Waals surface area contributed by atoms with Crippen LogP contribution in [-0.2, 0) is 263 Å². The van der Waals surface area contributed by atoms with Crippen LogP contribution in [-0.4, -0.2) is 513 Å². The Hall–Kier alpha value is -5.15. The van der Waals surface area contributed by atoms with E-state index in [0.717, 1.165) is 18.9 Å². The fourth-order valence-corrected chi connectivity index (χ4v) is 20.1. The topological polar surface area (TPSA) is 1290 Å². The van der Waals surface area contributed by atoms with Gasteiger partial charge in [0.1, 0.15) is 140 Å². The molecule has 8 aliphatic heterocycles. The summed E-state index contributed by atoms with van der Waals surface area (Å²) in [5, 5.41) is 134. The Balaban J connectivity index is 1.18. The molecule has 7 saturated heterocycles. The fourth-order valence-electron chi connectivity index (χ4n) is 14.1. The molecule has 0 aliphatic carbocycles. The van der Waals surface area contributed by atoms with Gasteiger partial charge in [-0.15, -0.1) is 0 Å². The SMILES string of the molecule is O=C(O)C1=C[C@H](O)[C@@H](OS(=O)(=O)O)[C@H](O[C@H]2[C@H](O)[C@@H](NS(=O)(=O)O)[C@@H](O[C@H]3[C@H](O)[C@@H](OS(=O)(=O)O)[C@H](O[C@H]4[C@H](O)[C@@H](NS(=O)(=O)O)[C@@H](O[C@H]5[C@H](O)[C@@H](OS(=O)(=O)O)[C@H](O[C@H]6[C@H](OS(=O)(=O)O)[C@@H](NS(=O)(=O)O)[C@@H](O[C@H]7[C@H](O)[C@@H](OS(=O)(=O)O)[C@H](O[C@H]8[C@H](O)[C@@H](NS(=O)(=O)O)[C@@H](O)O[C@@H]8COS(=O)(=O)O)O[C@H]7C(=O)O)O[C@@H]6COS(=O)(=O)O)O[C@H]5C(=O)O)O[C@@H]4COS(=O)(=O)O)O[C@H]3C(=O)O)O[C@@H]2COS(=O)(=O)O)O1. The summed E-state index contributed by atoms with van der Waals surface area (Å²) in [5.74, 6) is -11.9. The molecule has 83 nitrogen and oxygen atoms in total. The maximum absolute atomic E-state index is 13.6. The lowest BCUT2D eigenvalue weighted by atomic mass is 9.94. The summed E-state index contributed by atoms with van der Waals surface area (Å²) in [6, 6.07) is -12.9. The van der Waals surface area contributed by atoms with Gasteiger partial charge in [-0.05, 0) is 6.08 Å². The second-order valence-corrected chi connectivity index (χ2v) is 43.6. The minimum Gasteiger partial charge on any atom is -0.479 e. The van der Waals surface area contributed by atoms with E-state index in [2.05, 4.69) is 37.6 Å². The first kappa shape index (κ1) is 124. The Morgan fingerprint density at radius 3 is 0.771 bits per heavy atom. The highest BCUT2D eigenvalue weighted by Gasteiger charge is 2.65. The lowest BCUT2D eigenvalue weighted by Crippen LogP contribution is -2.72. The number of hydrogen-bond acceptors (Lipinski definition) is 62. The van der Waals surface area contributed by atoms with E-state index in [9.17, 15) is 249 Å². The first-order chi connectivity index (χ1) is 65.0. The predicted octanol–water partition coefficient (Wildman–Crippen LogP) is -20.9. The van der Waals surface area contributed by atoms with Gasteiger partial charge in [0.05, 0.1) is 26.4 Å². The molecule has 38 atom stereocenters. The summed E-state index contributed by atoms with van der Waals surface area (Å²) in [4.78, 5) is 52.1. The Labute approximate surface area is 802 Å². The number of carbonyl (C=O) groups is 4. The molecule has 0 saturated carbocycles. The van der Waals surface area contributed by atoms with Gasteiger partial charge in [-0.1, -0.05) is 0 Å². The van der Waals surface area contributed by atoms with Gasteiger partial charge in [0, 0.05) is 0 Å². The van der Waals surface area contributed by atoms with Gasteiger partial charge in [-0.25, -0.2) is 56.8 Å². The van der Waals surface area contributed by atoms with Crippen LogP contribution in [0.4, 0.5) is 0 Å². The molecule has 0 aromatic carbocycles. The van der Waals surface area contributed by atoms with Crippen LogP contribution in [0, 0.1) is 0 Å². The van der Waals surface area contributed by atoms with E-state index >= 15 is 0 Å². The van der Waals surface area contributed by atoms with Gasteiger partial charge in [0.2, 0.25) is 12.0 Å². The van der Waals surface area contributed by atoms with E-state index in [1.165, 1.54) is 0 Å². The van der Waals surface area contributed by atoms with E-state index in [1.54, 1.807) is 0 Å². The van der Waals surface area contributed by atoms with Crippen LogP contribution in [0.15, 0.2) is 11.8 Å². The van der Waals surface area contributed by atoms with Crippen molar-refractivity contribution in [1.29, 1.82) is 0 Å². The van der Waals surface area contributed by atoms with E-state index in [1.807, 2.05) is 0 Å². The van der Waals surface area contributed by atoms with Crippen molar-refractivity contribution in [1.82, 2.24) is 18.9 Å². The molecule has 0 radical (unpaired) electrons. The number of aliphatic carboxylic acids is 4. The highest BCUT2D eigenvalue weighted by atomic mass is 32.3. The van der Waals surface area contributed by atoms with E-state index in [0.29, 0.717) is 0 Å². The van der Waals surface area contributed by atoms with Gasteiger partial charge < -0.3 is 132 Å². The largest absolute Gasteiger partial charge is 0.479 e. The van der Waals surface area contributed by atoms with Crippen molar-refractivity contribution in [2.45, 2.75) is 233 Å². The van der Waals surface area contributed by atoms with Crippen molar-refractivity contribution in [3.63, 3.8) is 0 Å². The third kappa shape index (κ3) is 36.3. The van der Waals surface area contributed by atoms with Gasteiger partial charge in [0.25, 0.3) is 0 Å². The second kappa shape index (κ2) is 46.8. The van der Waals surface area contributed by atoms with Crippen molar-refractivity contribution in [3.05, 3.63) is 11.8 Å². The molecule has 29 N–H and O–H groups in total. The first-order valence-electron chi connectivity index (χ1n) is 36.7. The Morgan fingerprint density at radius 1 is 0.257 bits per heavy atom. The maximum atomic E-state index is 13.6. The minimum absolute atomic E-state index is 0.148. The zero-order chi connectivity index (χ0) is 110. The number of carboxylic acid groups (broad SMARTS) is 4. The van der Waals surface area contributed by atoms with Gasteiger partial charge in [-0.3, -0.25) is 59.2 Å². The lowest BCUT2D eigenvalue weighted by molar-refractivity contribution is -0.377. The summed E-state index contributed by atoms with van der Waals surface area (Å²) in [5.41, 5.74) is 0. The predicted molar refractivity (Wildman–Crippen MR) is 409 cm³/mol. The van der Waals surface area contributed by atoms with Crippen molar-refractivity contribution in [3.8, 4) is 0 Å². The Morgan fingerprint density at radius 2 is 0.493 bits per heavy atom. The fraction of sp³-hybridized carbons (Fsp3) is 0.875. The van der Waals surface area contributed by atoms with Gasteiger partial charge in [-0.2, -0.15) is 128 Å². The van der Waals surface area contributed by atoms with E-state index in [-0.39, 0.29) is 6.08 Å². The number of ether oxygens (including phenoxy) is 15. The molecule has 8 rings (SSSR count). The zero-order valence-electron chi connectivity index (χ0n) is 68.4. The maximum Gasteiger partial charge on any atom is 0.397 e.